The highest BCUT2D eigenvalue weighted by Crippen LogP contribution is 2.12. The third kappa shape index (κ3) is 3.76. The summed E-state index contributed by atoms with van der Waals surface area (Å²) in [6, 6.07) is 0. The van der Waals surface area contributed by atoms with E-state index < -0.39 is 0 Å². The van der Waals surface area contributed by atoms with Crippen LogP contribution in [0.4, 0.5) is 0 Å². The van der Waals surface area contributed by atoms with E-state index in [-0.39, 0.29) is 5.91 Å². The molecule has 0 saturated heterocycles. The number of carbonyl (C=O) groups excluding carboxylic acids is 1. The normalized spacial score (nSPS) is 10.6. The third-order valence-electron chi connectivity index (χ3n) is 2.15. The number of halogens is 1. The highest BCUT2D eigenvalue weighted by Gasteiger charge is 2.08. The molecule has 1 N–H and O–H groups in total. The molecule has 0 aliphatic carbocycles. The van der Waals surface area contributed by atoms with Gasteiger partial charge in [-0.05, 0) is 6.92 Å². The zero-order valence-corrected chi connectivity index (χ0v) is 12.2. The van der Waals surface area contributed by atoms with Gasteiger partial charge in [-0.25, -0.2) is 9.97 Å². The van der Waals surface area contributed by atoms with E-state index in [1.54, 1.807) is 11.3 Å². The summed E-state index contributed by atoms with van der Waals surface area (Å²) in [5.74, 6) is 0.342. The maximum atomic E-state index is 11.7. The molecule has 0 radical (unpaired) electrons. The van der Waals surface area contributed by atoms with Gasteiger partial charge >= 0.3 is 0 Å². The molecule has 2 aromatic heterocycles. The predicted molar refractivity (Wildman–Crippen MR) is 74.1 cm³/mol. The second kappa shape index (κ2) is 6.26. The van der Waals surface area contributed by atoms with Gasteiger partial charge in [0.1, 0.15) is 10.0 Å². The van der Waals surface area contributed by atoms with Crippen LogP contribution in [-0.4, -0.2) is 15.9 Å². The summed E-state index contributed by atoms with van der Waals surface area (Å²) >= 11 is 8.67. The molecule has 2 rings (SSSR count). The van der Waals surface area contributed by atoms with Crippen LogP contribution >= 0.6 is 34.3 Å². The number of nitrogens with one attached hydrogen (secondary N) is 1. The van der Waals surface area contributed by atoms with Gasteiger partial charge < -0.3 is 5.32 Å². The minimum atomic E-state index is -0.0432. The lowest BCUT2D eigenvalue weighted by atomic mass is 10.4. The van der Waals surface area contributed by atoms with E-state index >= 15 is 0 Å². The van der Waals surface area contributed by atoms with Gasteiger partial charge in [-0.15, -0.1) is 34.3 Å². The van der Waals surface area contributed by atoms with Gasteiger partial charge in [0.2, 0.25) is 5.91 Å². The first kappa shape index (κ1) is 13.5. The van der Waals surface area contributed by atoms with Crippen molar-refractivity contribution in [3.63, 3.8) is 0 Å². The van der Waals surface area contributed by atoms with Crippen molar-refractivity contribution in [2.24, 2.45) is 0 Å². The second-order valence-corrected chi connectivity index (χ2v) is 5.85. The first-order chi connectivity index (χ1) is 8.67. The van der Waals surface area contributed by atoms with Crippen molar-refractivity contribution in [3.05, 3.63) is 32.2 Å². The lowest BCUT2D eigenvalue weighted by molar-refractivity contribution is -0.120. The van der Waals surface area contributed by atoms with Crippen molar-refractivity contribution < 1.29 is 4.79 Å². The number of thiazole rings is 2. The molecule has 96 valence electrons. The Kier molecular flexibility index (Phi) is 4.68. The van der Waals surface area contributed by atoms with Crippen LogP contribution in [0.5, 0.6) is 0 Å². The summed E-state index contributed by atoms with van der Waals surface area (Å²) in [6.45, 7) is 2.41. The zero-order valence-electron chi connectivity index (χ0n) is 9.77. The number of aromatic nitrogens is 2. The van der Waals surface area contributed by atoms with E-state index in [4.69, 9.17) is 11.6 Å². The highest BCUT2D eigenvalue weighted by molar-refractivity contribution is 7.10. The van der Waals surface area contributed by atoms with Crippen LogP contribution in [0.2, 0.25) is 0 Å². The number of hydrogen-bond donors (Lipinski definition) is 1. The summed E-state index contributed by atoms with van der Waals surface area (Å²) in [7, 11) is 0. The number of rotatable bonds is 5. The third-order valence-corrected chi connectivity index (χ3v) is 4.29. The quantitative estimate of drug-likeness (QED) is 0.863. The number of nitrogens with zero attached hydrogens (tertiary/aromatic N) is 2. The molecule has 0 fully saturated rings. The molecular weight excluding hydrogens is 290 g/mol. The fourth-order valence-corrected chi connectivity index (χ4v) is 3.08. The smallest absolute Gasteiger partial charge is 0.227 e. The molecular formula is C11H12ClN3OS2. The van der Waals surface area contributed by atoms with E-state index in [0.717, 1.165) is 21.4 Å². The highest BCUT2D eigenvalue weighted by atomic mass is 35.5. The molecule has 2 heterocycles. The largest absolute Gasteiger partial charge is 0.349 e. The Labute approximate surface area is 118 Å². The van der Waals surface area contributed by atoms with Crippen LogP contribution in [0.25, 0.3) is 0 Å². The summed E-state index contributed by atoms with van der Waals surface area (Å²) in [5.41, 5.74) is 1.80. The lowest BCUT2D eigenvalue weighted by Gasteiger charge is -2.00. The van der Waals surface area contributed by atoms with Crippen molar-refractivity contribution in [2.75, 3.05) is 0 Å². The van der Waals surface area contributed by atoms with Gasteiger partial charge in [0, 0.05) is 16.5 Å². The van der Waals surface area contributed by atoms with E-state index in [1.807, 2.05) is 17.7 Å². The Balaban J connectivity index is 1.81. The van der Waals surface area contributed by atoms with Crippen LogP contribution in [0, 0.1) is 6.92 Å². The summed E-state index contributed by atoms with van der Waals surface area (Å²) in [5, 5.41) is 8.38. The molecule has 7 heteroatoms. The molecule has 0 atom stereocenters. The second-order valence-electron chi connectivity index (χ2n) is 3.70. The lowest BCUT2D eigenvalue weighted by Crippen LogP contribution is -2.24. The number of hydrogen-bond acceptors (Lipinski definition) is 5. The maximum Gasteiger partial charge on any atom is 0.227 e. The molecule has 0 unspecified atom stereocenters. The van der Waals surface area contributed by atoms with E-state index in [2.05, 4.69) is 15.3 Å². The average Bonchev–Trinajstić information content (AvgIpc) is 2.95. The van der Waals surface area contributed by atoms with Crippen LogP contribution in [0.15, 0.2) is 10.8 Å². The SMILES string of the molecule is Cc1csc(CNC(=O)Cc2nc(CCl)cs2)n1. The summed E-state index contributed by atoms with van der Waals surface area (Å²) in [6.07, 6.45) is 0.298. The van der Waals surface area contributed by atoms with Crippen molar-refractivity contribution in [3.8, 4) is 0 Å². The minimum absolute atomic E-state index is 0.0432. The zero-order chi connectivity index (χ0) is 13.0. The van der Waals surface area contributed by atoms with Crippen LogP contribution in [-0.2, 0) is 23.6 Å². The first-order valence-corrected chi connectivity index (χ1v) is 7.63. The molecule has 18 heavy (non-hydrogen) atoms. The summed E-state index contributed by atoms with van der Waals surface area (Å²) in [4.78, 5) is 20.2. The molecule has 0 aromatic carbocycles. The van der Waals surface area contributed by atoms with Crippen LogP contribution < -0.4 is 5.32 Å². The average molecular weight is 302 g/mol. The molecule has 0 saturated carbocycles. The Morgan fingerprint density at radius 1 is 1.33 bits per heavy atom. The fraction of sp³-hybridized carbons (Fsp3) is 0.364. The molecule has 2 aromatic rings. The molecule has 1 amide bonds. The Hall–Kier alpha value is -0.980. The van der Waals surface area contributed by atoms with E-state index in [1.165, 1.54) is 11.3 Å². The minimum Gasteiger partial charge on any atom is -0.349 e. The molecule has 0 bridgehead atoms. The van der Waals surface area contributed by atoms with Gasteiger partial charge in [-0.3, -0.25) is 4.79 Å². The fourth-order valence-electron chi connectivity index (χ4n) is 1.35. The van der Waals surface area contributed by atoms with Crippen LogP contribution in [0.1, 0.15) is 21.4 Å². The molecule has 0 aliphatic heterocycles. The standard InChI is InChI=1S/C11H12ClN3OS2/c1-7-5-17-11(14-7)4-13-9(16)2-10-15-8(3-12)6-18-10/h5-6H,2-4H2,1H3,(H,13,16). The van der Waals surface area contributed by atoms with Crippen molar-refractivity contribution >= 4 is 40.2 Å². The molecule has 0 aliphatic rings. The molecule has 0 spiro atoms. The van der Waals surface area contributed by atoms with Crippen molar-refractivity contribution in [1.82, 2.24) is 15.3 Å². The monoisotopic (exact) mass is 301 g/mol. The topological polar surface area (TPSA) is 54.9 Å². The van der Waals surface area contributed by atoms with Gasteiger partial charge in [-0.2, -0.15) is 0 Å². The number of amides is 1. The van der Waals surface area contributed by atoms with Gasteiger partial charge in [0.25, 0.3) is 0 Å². The van der Waals surface area contributed by atoms with Gasteiger partial charge in [0.15, 0.2) is 0 Å². The van der Waals surface area contributed by atoms with Gasteiger partial charge in [-0.1, -0.05) is 0 Å². The van der Waals surface area contributed by atoms with Crippen LogP contribution in [0.3, 0.4) is 0 Å². The number of carbonyl (C=O) groups is 1. The number of aryl methyl sites for hydroxylation is 1. The Morgan fingerprint density at radius 2 is 2.11 bits per heavy atom. The number of alkyl halides is 1. The molecule has 4 nitrogen and oxygen atoms in total. The Bertz CT molecular complexity index is 538. The van der Waals surface area contributed by atoms with Crippen molar-refractivity contribution in [2.45, 2.75) is 25.8 Å². The van der Waals surface area contributed by atoms with Crippen molar-refractivity contribution in [1.29, 1.82) is 0 Å². The van der Waals surface area contributed by atoms with Gasteiger partial charge in [0.05, 0.1) is 24.5 Å². The van der Waals surface area contributed by atoms with E-state index in [9.17, 15) is 4.79 Å². The maximum absolute atomic E-state index is 11.7. The van der Waals surface area contributed by atoms with E-state index in [0.29, 0.717) is 18.8 Å². The predicted octanol–water partition coefficient (Wildman–Crippen LogP) is 2.51. The summed E-state index contributed by atoms with van der Waals surface area (Å²) < 4.78 is 0. The first-order valence-electron chi connectivity index (χ1n) is 5.34. The Morgan fingerprint density at radius 3 is 2.72 bits per heavy atom.